The van der Waals surface area contributed by atoms with E-state index in [2.05, 4.69) is 29.4 Å². The minimum Gasteiger partial charge on any atom is -0.368 e. The third kappa shape index (κ3) is 3.37. The second-order valence-corrected chi connectivity index (χ2v) is 6.20. The zero-order valence-corrected chi connectivity index (χ0v) is 10.8. The van der Waals surface area contributed by atoms with Gasteiger partial charge >= 0.3 is 0 Å². The lowest BCUT2D eigenvalue weighted by molar-refractivity contribution is 0.333. The molecule has 1 aromatic heterocycles. The highest BCUT2D eigenvalue weighted by Crippen LogP contribution is 2.26. The van der Waals surface area contributed by atoms with Crippen LogP contribution in [0.1, 0.15) is 33.1 Å². The van der Waals surface area contributed by atoms with E-state index < -0.39 is 0 Å². The molecule has 2 rings (SSSR count). The van der Waals surface area contributed by atoms with Crippen LogP contribution in [0.2, 0.25) is 0 Å². The summed E-state index contributed by atoms with van der Waals surface area (Å²) in [5, 5.41) is 13.3. The summed E-state index contributed by atoms with van der Waals surface area (Å²) < 4.78 is 0. The number of anilines is 1. The molecular weight excluding hydrogens is 218 g/mol. The van der Waals surface area contributed by atoms with Crippen molar-refractivity contribution in [1.82, 2.24) is 10.2 Å². The zero-order chi connectivity index (χ0) is 11.4. The minimum absolute atomic E-state index is 0.558. The van der Waals surface area contributed by atoms with E-state index in [4.69, 9.17) is 0 Å². The van der Waals surface area contributed by atoms with Gasteiger partial charge in [0.1, 0.15) is 10.8 Å². The monoisotopic (exact) mass is 237 g/mol. The molecule has 0 amide bonds. The molecule has 3 nitrogen and oxygen atoms in total. The van der Waals surface area contributed by atoms with Crippen LogP contribution in [-0.2, 0) is 0 Å². The Hall–Kier alpha value is -0.770. The van der Waals surface area contributed by atoms with Gasteiger partial charge in [0.15, 0.2) is 0 Å². The first-order valence-electron chi connectivity index (χ1n) is 5.98. The third-order valence-electron chi connectivity index (χ3n) is 2.79. The standard InChI is InChI=1S/C12H19N3S/c1-9(2)16-12-7-6-11(14-15-12)13-8-10-4-3-5-10/h6-7,9-10H,3-5,8H2,1-2H3,(H,13,14). The molecule has 1 heterocycles. The van der Waals surface area contributed by atoms with Crippen molar-refractivity contribution in [3.8, 4) is 0 Å². The van der Waals surface area contributed by atoms with Gasteiger partial charge in [0, 0.05) is 11.8 Å². The van der Waals surface area contributed by atoms with Crippen LogP contribution in [0, 0.1) is 5.92 Å². The fourth-order valence-corrected chi connectivity index (χ4v) is 2.38. The van der Waals surface area contributed by atoms with Crippen molar-refractivity contribution in [2.75, 3.05) is 11.9 Å². The van der Waals surface area contributed by atoms with Gasteiger partial charge in [0.2, 0.25) is 0 Å². The summed E-state index contributed by atoms with van der Waals surface area (Å²) in [6.45, 7) is 5.37. The van der Waals surface area contributed by atoms with E-state index in [0.717, 1.165) is 23.3 Å². The summed E-state index contributed by atoms with van der Waals surface area (Å²) in [6, 6.07) is 4.07. The molecule has 1 aliphatic rings. The molecule has 0 aromatic carbocycles. The van der Waals surface area contributed by atoms with Crippen molar-refractivity contribution < 1.29 is 0 Å². The van der Waals surface area contributed by atoms with Crippen molar-refractivity contribution in [3.05, 3.63) is 12.1 Å². The Kier molecular flexibility index (Phi) is 4.04. The van der Waals surface area contributed by atoms with Crippen molar-refractivity contribution in [2.45, 2.75) is 43.4 Å². The Balaban J connectivity index is 1.81. The Morgan fingerprint density at radius 2 is 2.19 bits per heavy atom. The number of nitrogens with one attached hydrogen (secondary N) is 1. The Morgan fingerprint density at radius 1 is 1.38 bits per heavy atom. The topological polar surface area (TPSA) is 37.8 Å². The third-order valence-corrected chi connectivity index (χ3v) is 3.72. The normalized spacial score (nSPS) is 16.2. The second-order valence-electron chi connectivity index (χ2n) is 4.60. The van der Waals surface area contributed by atoms with Crippen LogP contribution in [0.25, 0.3) is 0 Å². The maximum atomic E-state index is 4.19. The highest BCUT2D eigenvalue weighted by Gasteiger charge is 2.16. The summed E-state index contributed by atoms with van der Waals surface area (Å²) in [6.07, 6.45) is 4.12. The lowest BCUT2D eigenvalue weighted by Crippen LogP contribution is -2.21. The van der Waals surface area contributed by atoms with Gasteiger partial charge in [-0.1, -0.05) is 20.3 Å². The highest BCUT2D eigenvalue weighted by atomic mass is 32.2. The van der Waals surface area contributed by atoms with Crippen LogP contribution >= 0.6 is 11.8 Å². The fourth-order valence-electron chi connectivity index (χ4n) is 1.66. The molecule has 0 radical (unpaired) electrons. The largest absolute Gasteiger partial charge is 0.368 e. The molecule has 1 aromatic rings. The number of thioether (sulfide) groups is 1. The maximum Gasteiger partial charge on any atom is 0.148 e. The fraction of sp³-hybridized carbons (Fsp3) is 0.667. The van der Waals surface area contributed by atoms with Gasteiger partial charge in [0.25, 0.3) is 0 Å². The summed E-state index contributed by atoms with van der Waals surface area (Å²) in [5.41, 5.74) is 0. The minimum atomic E-state index is 0.558. The van der Waals surface area contributed by atoms with Crippen LogP contribution in [-0.4, -0.2) is 22.0 Å². The highest BCUT2D eigenvalue weighted by molar-refractivity contribution is 7.99. The molecule has 1 N–H and O–H groups in total. The molecule has 0 spiro atoms. The van der Waals surface area contributed by atoms with Crippen molar-refractivity contribution in [1.29, 1.82) is 0 Å². The van der Waals surface area contributed by atoms with Gasteiger partial charge in [0.05, 0.1) is 0 Å². The van der Waals surface area contributed by atoms with E-state index in [0.29, 0.717) is 5.25 Å². The molecule has 16 heavy (non-hydrogen) atoms. The Bertz CT molecular complexity index is 320. The van der Waals surface area contributed by atoms with Crippen LogP contribution in [0.5, 0.6) is 0 Å². The first-order chi connectivity index (χ1) is 7.74. The number of hydrogen-bond donors (Lipinski definition) is 1. The van der Waals surface area contributed by atoms with Gasteiger partial charge in [-0.3, -0.25) is 0 Å². The molecule has 0 atom stereocenters. The number of nitrogens with zero attached hydrogens (tertiary/aromatic N) is 2. The van der Waals surface area contributed by atoms with Gasteiger partial charge in [-0.05, 0) is 30.9 Å². The maximum absolute atomic E-state index is 4.19. The predicted molar refractivity (Wildman–Crippen MR) is 68.9 cm³/mol. The Labute approximate surface area is 101 Å². The zero-order valence-electron chi connectivity index (χ0n) is 9.94. The van der Waals surface area contributed by atoms with Crippen LogP contribution in [0.15, 0.2) is 17.2 Å². The van der Waals surface area contributed by atoms with Crippen LogP contribution in [0.3, 0.4) is 0 Å². The van der Waals surface area contributed by atoms with E-state index in [1.54, 1.807) is 11.8 Å². The molecule has 1 fully saturated rings. The molecule has 0 aliphatic heterocycles. The molecule has 0 bridgehead atoms. The average Bonchev–Trinajstić information content (AvgIpc) is 2.17. The number of rotatable bonds is 5. The first-order valence-corrected chi connectivity index (χ1v) is 6.86. The lowest BCUT2D eigenvalue weighted by Gasteiger charge is -2.25. The van der Waals surface area contributed by atoms with Gasteiger partial charge in [-0.15, -0.1) is 22.0 Å². The van der Waals surface area contributed by atoms with Crippen LogP contribution < -0.4 is 5.32 Å². The van der Waals surface area contributed by atoms with E-state index in [9.17, 15) is 0 Å². The average molecular weight is 237 g/mol. The molecule has 0 saturated heterocycles. The van der Waals surface area contributed by atoms with E-state index in [-0.39, 0.29) is 0 Å². The van der Waals surface area contributed by atoms with E-state index >= 15 is 0 Å². The van der Waals surface area contributed by atoms with Crippen molar-refractivity contribution >= 4 is 17.6 Å². The SMILES string of the molecule is CC(C)Sc1ccc(NCC2CCC2)nn1. The molecule has 1 aliphatic carbocycles. The summed E-state index contributed by atoms with van der Waals surface area (Å²) in [5.74, 6) is 1.76. The quantitative estimate of drug-likeness (QED) is 0.798. The number of hydrogen-bond acceptors (Lipinski definition) is 4. The van der Waals surface area contributed by atoms with Crippen LogP contribution in [0.4, 0.5) is 5.82 Å². The summed E-state index contributed by atoms with van der Waals surface area (Å²) in [4.78, 5) is 0. The van der Waals surface area contributed by atoms with Crippen molar-refractivity contribution in [3.63, 3.8) is 0 Å². The van der Waals surface area contributed by atoms with E-state index in [1.165, 1.54) is 19.3 Å². The molecular formula is C12H19N3S. The molecule has 88 valence electrons. The molecule has 0 unspecified atom stereocenters. The molecule has 4 heteroatoms. The first kappa shape index (κ1) is 11.7. The summed E-state index contributed by atoms with van der Waals surface area (Å²) in [7, 11) is 0. The predicted octanol–water partition coefficient (Wildman–Crippen LogP) is 3.19. The van der Waals surface area contributed by atoms with Gasteiger partial charge in [-0.2, -0.15) is 0 Å². The second kappa shape index (κ2) is 5.53. The number of aromatic nitrogens is 2. The van der Waals surface area contributed by atoms with Gasteiger partial charge in [-0.25, -0.2) is 0 Å². The summed E-state index contributed by atoms with van der Waals surface area (Å²) >= 11 is 1.75. The molecule has 1 saturated carbocycles. The van der Waals surface area contributed by atoms with Crippen molar-refractivity contribution in [2.24, 2.45) is 5.92 Å². The lowest BCUT2D eigenvalue weighted by atomic mass is 9.85. The smallest absolute Gasteiger partial charge is 0.148 e. The van der Waals surface area contributed by atoms with Gasteiger partial charge < -0.3 is 5.32 Å². The Morgan fingerprint density at radius 3 is 2.69 bits per heavy atom. The van der Waals surface area contributed by atoms with E-state index in [1.807, 2.05) is 12.1 Å².